The highest BCUT2D eigenvalue weighted by Gasteiger charge is 2.12. The van der Waals surface area contributed by atoms with Crippen molar-refractivity contribution in [2.75, 3.05) is 24.6 Å². The number of nitrogens with two attached hydrogens (primary N) is 1. The smallest absolute Gasteiger partial charge is 0.238 e. The zero-order valence-electron chi connectivity index (χ0n) is 11.7. The first-order chi connectivity index (χ1) is 8.45. The fourth-order valence-electron chi connectivity index (χ4n) is 1.67. The van der Waals surface area contributed by atoms with Crippen LogP contribution in [0.1, 0.15) is 25.8 Å². The van der Waals surface area contributed by atoms with Crippen molar-refractivity contribution in [2.24, 2.45) is 0 Å². The summed E-state index contributed by atoms with van der Waals surface area (Å²) in [5.74, 6) is -0.00787. The summed E-state index contributed by atoms with van der Waals surface area (Å²) in [5.41, 5.74) is 8.21. The van der Waals surface area contributed by atoms with Gasteiger partial charge in [0.1, 0.15) is 0 Å². The van der Waals surface area contributed by atoms with Gasteiger partial charge >= 0.3 is 0 Å². The van der Waals surface area contributed by atoms with Gasteiger partial charge in [-0.15, -0.1) is 0 Å². The Morgan fingerprint density at radius 1 is 1.50 bits per heavy atom. The van der Waals surface area contributed by atoms with Gasteiger partial charge in [0.05, 0.1) is 6.54 Å². The molecule has 0 aliphatic rings. The molecular formula is C14H23N3O. The van der Waals surface area contributed by atoms with Crippen LogP contribution in [-0.4, -0.2) is 30.4 Å². The van der Waals surface area contributed by atoms with Gasteiger partial charge in [0.25, 0.3) is 0 Å². The minimum atomic E-state index is -0.00787. The SMILES string of the molecule is CCC(C)N(C)CC(=O)Nc1cccc(N)c1C. The lowest BCUT2D eigenvalue weighted by Crippen LogP contribution is -2.36. The second-order valence-corrected chi connectivity index (χ2v) is 4.74. The van der Waals surface area contributed by atoms with E-state index in [1.165, 1.54) is 0 Å². The van der Waals surface area contributed by atoms with Crippen molar-refractivity contribution in [2.45, 2.75) is 33.2 Å². The molecule has 0 aromatic heterocycles. The normalized spacial score (nSPS) is 12.5. The molecule has 0 aliphatic heterocycles. The van der Waals surface area contributed by atoms with Crippen molar-refractivity contribution in [1.82, 2.24) is 4.90 Å². The molecular weight excluding hydrogens is 226 g/mol. The number of hydrogen-bond donors (Lipinski definition) is 2. The highest BCUT2D eigenvalue weighted by molar-refractivity contribution is 5.93. The second-order valence-electron chi connectivity index (χ2n) is 4.74. The lowest BCUT2D eigenvalue weighted by atomic mass is 10.1. The van der Waals surface area contributed by atoms with Crippen molar-refractivity contribution in [1.29, 1.82) is 0 Å². The van der Waals surface area contributed by atoms with Gasteiger partial charge in [0.15, 0.2) is 0 Å². The van der Waals surface area contributed by atoms with Gasteiger partial charge < -0.3 is 11.1 Å². The number of carbonyl (C=O) groups is 1. The van der Waals surface area contributed by atoms with Gasteiger partial charge in [-0.25, -0.2) is 0 Å². The number of hydrogen-bond acceptors (Lipinski definition) is 3. The summed E-state index contributed by atoms with van der Waals surface area (Å²) >= 11 is 0. The Hall–Kier alpha value is -1.55. The number of likely N-dealkylation sites (N-methyl/N-ethyl adjacent to an activating group) is 1. The topological polar surface area (TPSA) is 58.4 Å². The van der Waals surface area contributed by atoms with Gasteiger partial charge in [-0.1, -0.05) is 13.0 Å². The minimum Gasteiger partial charge on any atom is -0.398 e. The number of nitrogen functional groups attached to an aromatic ring is 1. The Bertz CT molecular complexity index is 418. The Labute approximate surface area is 109 Å². The molecule has 4 nitrogen and oxygen atoms in total. The highest BCUT2D eigenvalue weighted by Crippen LogP contribution is 2.20. The van der Waals surface area contributed by atoms with Gasteiger partial charge in [0.2, 0.25) is 5.91 Å². The molecule has 3 N–H and O–H groups in total. The van der Waals surface area contributed by atoms with Crippen LogP contribution in [0.5, 0.6) is 0 Å². The Morgan fingerprint density at radius 2 is 2.17 bits per heavy atom. The maximum Gasteiger partial charge on any atom is 0.238 e. The third-order valence-electron chi connectivity index (χ3n) is 3.39. The predicted octanol–water partition coefficient (Wildman–Crippen LogP) is 2.25. The van der Waals surface area contributed by atoms with E-state index in [2.05, 4.69) is 19.2 Å². The second kappa shape index (κ2) is 6.40. The summed E-state index contributed by atoms with van der Waals surface area (Å²) in [4.78, 5) is 14.0. The van der Waals surface area contributed by atoms with Crippen LogP contribution in [0, 0.1) is 6.92 Å². The largest absolute Gasteiger partial charge is 0.398 e. The number of amides is 1. The molecule has 0 saturated heterocycles. The monoisotopic (exact) mass is 249 g/mol. The van der Waals surface area contributed by atoms with Crippen LogP contribution in [0.25, 0.3) is 0 Å². The number of carbonyl (C=O) groups excluding carboxylic acids is 1. The Balaban J connectivity index is 2.62. The zero-order valence-corrected chi connectivity index (χ0v) is 11.7. The van der Waals surface area contributed by atoms with Crippen LogP contribution in [-0.2, 0) is 4.79 Å². The van der Waals surface area contributed by atoms with E-state index in [0.717, 1.165) is 17.7 Å². The third kappa shape index (κ3) is 3.74. The van der Waals surface area contributed by atoms with Crippen molar-refractivity contribution >= 4 is 17.3 Å². The summed E-state index contributed by atoms with van der Waals surface area (Å²) in [5, 5.41) is 2.90. The van der Waals surface area contributed by atoms with Crippen molar-refractivity contribution in [3.63, 3.8) is 0 Å². The van der Waals surface area contributed by atoms with E-state index in [4.69, 9.17) is 5.73 Å². The fourth-order valence-corrected chi connectivity index (χ4v) is 1.67. The molecule has 0 bridgehead atoms. The molecule has 1 rings (SSSR count). The van der Waals surface area contributed by atoms with E-state index in [9.17, 15) is 4.79 Å². The third-order valence-corrected chi connectivity index (χ3v) is 3.39. The van der Waals surface area contributed by atoms with E-state index < -0.39 is 0 Å². The predicted molar refractivity (Wildman–Crippen MR) is 76.6 cm³/mol. The number of benzene rings is 1. The molecule has 1 aromatic carbocycles. The Morgan fingerprint density at radius 3 is 2.78 bits per heavy atom. The maximum absolute atomic E-state index is 11.9. The first kappa shape index (κ1) is 14.5. The van der Waals surface area contributed by atoms with Crippen LogP contribution in [0.3, 0.4) is 0 Å². The summed E-state index contributed by atoms with van der Waals surface area (Å²) in [7, 11) is 1.96. The molecule has 1 unspecified atom stereocenters. The van der Waals surface area contributed by atoms with Crippen molar-refractivity contribution in [3.8, 4) is 0 Å². The molecule has 100 valence electrons. The molecule has 0 aliphatic carbocycles. The summed E-state index contributed by atoms with van der Waals surface area (Å²) < 4.78 is 0. The van der Waals surface area contributed by atoms with Gasteiger partial charge in [-0.05, 0) is 45.0 Å². The van der Waals surface area contributed by atoms with Crippen LogP contribution < -0.4 is 11.1 Å². The molecule has 1 aromatic rings. The van der Waals surface area contributed by atoms with Crippen molar-refractivity contribution < 1.29 is 4.79 Å². The maximum atomic E-state index is 11.9. The quantitative estimate of drug-likeness (QED) is 0.787. The molecule has 0 heterocycles. The first-order valence-corrected chi connectivity index (χ1v) is 6.30. The molecule has 0 saturated carbocycles. The van der Waals surface area contributed by atoms with Crippen LogP contribution in [0.4, 0.5) is 11.4 Å². The van der Waals surface area contributed by atoms with E-state index in [0.29, 0.717) is 18.3 Å². The molecule has 1 atom stereocenters. The standard InChI is InChI=1S/C14H23N3O/c1-5-10(2)17(4)9-14(18)16-13-8-6-7-12(15)11(13)3/h6-8,10H,5,9,15H2,1-4H3,(H,16,18). The van der Waals surface area contributed by atoms with Gasteiger partial charge in [0, 0.05) is 17.4 Å². The summed E-state index contributed by atoms with van der Waals surface area (Å²) in [6.45, 7) is 6.52. The minimum absolute atomic E-state index is 0.00787. The average molecular weight is 249 g/mol. The number of anilines is 2. The lowest BCUT2D eigenvalue weighted by molar-refractivity contribution is -0.117. The summed E-state index contributed by atoms with van der Waals surface area (Å²) in [6, 6.07) is 5.94. The van der Waals surface area contributed by atoms with Crippen LogP contribution >= 0.6 is 0 Å². The van der Waals surface area contributed by atoms with E-state index >= 15 is 0 Å². The Kier molecular flexibility index (Phi) is 5.16. The van der Waals surface area contributed by atoms with Crippen LogP contribution in [0.2, 0.25) is 0 Å². The van der Waals surface area contributed by atoms with E-state index in [1.807, 2.05) is 37.1 Å². The fraction of sp³-hybridized carbons (Fsp3) is 0.500. The molecule has 0 spiro atoms. The zero-order chi connectivity index (χ0) is 13.7. The van der Waals surface area contributed by atoms with Crippen molar-refractivity contribution in [3.05, 3.63) is 23.8 Å². The average Bonchev–Trinajstić information content (AvgIpc) is 2.33. The molecule has 0 radical (unpaired) electrons. The molecule has 4 heteroatoms. The molecule has 18 heavy (non-hydrogen) atoms. The number of nitrogens with one attached hydrogen (secondary N) is 1. The van der Waals surface area contributed by atoms with Gasteiger partial charge in [-0.2, -0.15) is 0 Å². The molecule has 1 amide bonds. The lowest BCUT2D eigenvalue weighted by Gasteiger charge is -2.23. The highest BCUT2D eigenvalue weighted by atomic mass is 16.2. The summed E-state index contributed by atoms with van der Waals surface area (Å²) in [6.07, 6.45) is 1.03. The number of nitrogens with zero attached hydrogens (tertiary/aromatic N) is 1. The van der Waals surface area contributed by atoms with E-state index in [1.54, 1.807) is 0 Å². The van der Waals surface area contributed by atoms with Crippen LogP contribution in [0.15, 0.2) is 18.2 Å². The van der Waals surface area contributed by atoms with E-state index in [-0.39, 0.29) is 5.91 Å². The van der Waals surface area contributed by atoms with Gasteiger partial charge in [-0.3, -0.25) is 9.69 Å². The molecule has 0 fully saturated rings. The number of rotatable bonds is 5. The first-order valence-electron chi connectivity index (χ1n) is 6.30.